The number of hydrogen-bond acceptors (Lipinski definition) is 3. The third-order valence-electron chi connectivity index (χ3n) is 4.32. The van der Waals surface area contributed by atoms with Gasteiger partial charge in [-0.2, -0.15) is 0 Å². The van der Waals surface area contributed by atoms with E-state index in [9.17, 15) is 9.90 Å². The van der Waals surface area contributed by atoms with E-state index in [4.69, 9.17) is 4.42 Å². The number of phenols is 1. The summed E-state index contributed by atoms with van der Waals surface area (Å²) in [4.78, 5) is 14.7. The van der Waals surface area contributed by atoms with Gasteiger partial charge in [0.15, 0.2) is 0 Å². The van der Waals surface area contributed by atoms with E-state index in [2.05, 4.69) is 0 Å². The summed E-state index contributed by atoms with van der Waals surface area (Å²) >= 11 is 0. The van der Waals surface area contributed by atoms with Crippen molar-refractivity contribution >= 4 is 5.91 Å². The van der Waals surface area contributed by atoms with Gasteiger partial charge in [-0.25, -0.2) is 0 Å². The number of rotatable bonds is 5. The molecule has 0 spiro atoms. The van der Waals surface area contributed by atoms with Crippen LogP contribution in [-0.2, 0) is 13.1 Å². The Labute approximate surface area is 147 Å². The van der Waals surface area contributed by atoms with E-state index >= 15 is 0 Å². The molecule has 4 nitrogen and oxygen atoms in total. The molecular formula is C21H21NO3. The molecule has 3 aromatic rings. The summed E-state index contributed by atoms with van der Waals surface area (Å²) in [5.74, 6) is 0.787. The summed E-state index contributed by atoms with van der Waals surface area (Å²) in [6, 6.07) is 16.4. The number of phenolic OH excluding ortho intramolecular Hbond substituents is 1. The first-order chi connectivity index (χ1) is 12.0. The van der Waals surface area contributed by atoms with Crippen LogP contribution in [0, 0.1) is 13.8 Å². The average Bonchev–Trinajstić information content (AvgIpc) is 3.11. The Bertz CT molecular complexity index is 869. The number of aromatic hydroxyl groups is 1. The van der Waals surface area contributed by atoms with Crippen molar-refractivity contribution in [3.8, 4) is 5.75 Å². The SMILES string of the molecule is Cc1ccc(C(=O)N(Cc2ccco2)Cc2ccccc2O)cc1C. The van der Waals surface area contributed by atoms with Crippen molar-refractivity contribution in [3.63, 3.8) is 0 Å². The third kappa shape index (κ3) is 3.91. The number of carbonyl (C=O) groups is 1. The van der Waals surface area contributed by atoms with Crippen LogP contribution in [0.1, 0.15) is 32.8 Å². The minimum Gasteiger partial charge on any atom is -0.508 e. The van der Waals surface area contributed by atoms with Gasteiger partial charge in [-0.1, -0.05) is 24.3 Å². The molecule has 0 saturated carbocycles. The van der Waals surface area contributed by atoms with Gasteiger partial charge in [-0.15, -0.1) is 0 Å². The van der Waals surface area contributed by atoms with E-state index in [1.807, 2.05) is 50.2 Å². The lowest BCUT2D eigenvalue weighted by atomic mass is 10.0. The lowest BCUT2D eigenvalue weighted by molar-refractivity contribution is 0.0716. The maximum Gasteiger partial charge on any atom is 0.254 e. The van der Waals surface area contributed by atoms with Crippen molar-refractivity contribution in [2.75, 3.05) is 0 Å². The topological polar surface area (TPSA) is 53.7 Å². The van der Waals surface area contributed by atoms with Crippen LogP contribution in [0.4, 0.5) is 0 Å². The molecule has 0 saturated heterocycles. The van der Waals surface area contributed by atoms with Crippen LogP contribution in [-0.4, -0.2) is 15.9 Å². The molecule has 0 aliphatic carbocycles. The van der Waals surface area contributed by atoms with Crippen molar-refractivity contribution in [3.05, 3.63) is 88.9 Å². The van der Waals surface area contributed by atoms with Crippen LogP contribution in [0.15, 0.2) is 65.3 Å². The minimum atomic E-state index is -0.0947. The van der Waals surface area contributed by atoms with E-state index in [-0.39, 0.29) is 11.7 Å². The molecule has 128 valence electrons. The molecule has 0 bridgehead atoms. The van der Waals surface area contributed by atoms with Gasteiger partial charge >= 0.3 is 0 Å². The van der Waals surface area contributed by atoms with Gasteiger partial charge in [0.25, 0.3) is 5.91 Å². The number of amides is 1. The summed E-state index contributed by atoms with van der Waals surface area (Å²) in [5, 5.41) is 10.1. The van der Waals surface area contributed by atoms with Gasteiger partial charge in [0.1, 0.15) is 11.5 Å². The van der Waals surface area contributed by atoms with Crippen LogP contribution in [0.2, 0.25) is 0 Å². The molecule has 0 unspecified atom stereocenters. The molecule has 1 aromatic heterocycles. The molecule has 0 aliphatic heterocycles. The summed E-state index contributed by atoms with van der Waals surface area (Å²) in [7, 11) is 0. The summed E-state index contributed by atoms with van der Waals surface area (Å²) in [6.07, 6.45) is 1.59. The van der Waals surface area contributed by atoms with Crippen molar-refractivity contribution in [2.24, 2.45) is 0 Å². The molecule has 0 atom stereocenters. The Morgan fingerprint density at radius 1 is 1.00 bits per heavy atom. The summed E-state index contributed by atoms with van der Waals surface area (Å²) < 4.78 is 5.40. The molecule has 4 heteroatoms. The van der Waals surface area contributed by atoms with E-state index in [0.717, 1.165) is 11.1 Å². The monoisotopic (exact) mass is 335 g/mol. The lowest BCUT2D eigenvalue weighted by Crippen LogP contribution is -2.30. The standard InChI is InChI=1S/C21H21NO3/c1-15-9-10-17(12-16(15)2)21(24)22(14-19-7-5-11-25-19)13-18-6-3-4-8-20(18)23/h3-12,23H,13-14H2,1-2H3. The van der Waals surface area contributed by atoms with Crippen molar-refractivity contribution in [1.29, 1.82) is 0 Å². The minimum absolute atomic E-state index is 0.0947. The number of aryl methyl sites for hydroxylation is 2. The molecule has 1 amide bonds. The van der Waals surface area contributed by atoms with Gasteiger partial charge in [0.2, 0.25) is 0 Å². The van der Waals surface area contributed by atoms with Gasteiger partial charge in [-0.05, 0) is 55.3 Å². The Morgan fingerprint density at radius 2 is 1.80 bits per heavy atom. The highest BCUT2D eigenvalue weighted by Crippen LogP contribution is 2.21. The van der Waals surface area contributed by atoms with Crippen LogP contribution in [0.5, 0.6) is 5.75 Å². The highest BCUT2D eigenvalue weighted by atomic mass is 16.3. The van der Waals surface area contributed by atoms with Gasteiger partial charge < -0.3 is 14.4 Å². The van der Waals surface area contributed by atoms with Gasteiger partial charge in [0.05, 0.1) is 19.4 Å². The number of furan rings is 1. The fourth-order valence-corrected chi connectivity index (χ4v) is 2.70. The Kier molecular flexibility index (Phi) is 4.89. The predicted octanol–water partition coefficient (Wildman–Crippen LogP) is 4.44. The summed E-state index contributed by atoms with van der Waals surface area (Å²) in [6.45, 7) is 4.66. The maximum atomic E-state index is 13.1. The second-order valence-electron chi connectivity index (χ2n) is 6.17. The molecule has 1 N–H and O–H groups in total. The number of benzene rings is 2. The zero-order valence-corrected chi connectivity index (χ0v) is 14.4. The molecular weight excluding hydrogens is 314 g/mol. The number of hydrogen-bond donors (Lipinski definition) is 1. The first kappa shape index (κ1) is 16.8. The Balaban J connectivity index is 1.90. The molecule has 0 fully saturated rings. The molecule has 3 rings (SSSR count). The van der Waals surface area contributed by atoms with Crippen molar-refractivity contribution in [2.45, 2.75) is 26.9 Å². The van der Waals surface area contributed by atoms with Crippen molar-refractivity contribution in [1.82, 2.24) is 4.90 Å². The zero-order valence-electron chi connectivity index (χ0n) is 14.4. The predicted molar refractivity (Wildman–Crippen MR) is 96.3 cm³/mol. The number of para-hydroxylation sites is 1. The van der Waals surface area contributed by atoms with Crippen LogP contribution in [0.3, 0.4) is 0 Å². The number of nitrogens with zero attached hydrogens (tertiary/aromatic N) is 1. The second kappa shape index (κ2) is 7.26. The highest BCUT2D eigenvalue weighted by Gasteiger charge is 2.19. The van der Waals surface area contributed by atoms with Crippen LogP contribution < -0.4 is 0 Å². The maximum absolute atomic E-state index is 13.1. The Hall–Kier alpha value is -3.01. The fraction of sp³-hybridized carbons (Fsp3) is 0.190. The van der Waals surface area contributed by atoms with Crippen LogP contribution >= 0.6 is 0 Å². The van der Waals surface area contributed by atoms with Crippen molar-refractivity contribution < 1.29 is 14.3 Å². The Morgan fingerprint density at radius 3 is 2.48 bits per heavy atom. The van der Waals surface area contributed by atoms with E-state index in [1.54, 1.807) is 29.4 Å². The van der Waals surface area contributed by atoms with E-state index in [1.165, 1.54) is 0 Å². The van der Waals surface area contributed by atoms with E-state index in [0.29, 0.717) is 30.0 Å². The summed E-state index contributed by atoms with van der Waals surface area (Å²) in [5.41, 5.74) is 3.55. The number of carbonyl (C=O) groups excluding carboxylic acids is 1. The fourth-order valence-electron chi connectivity index (χ4n) is 2.70. The lowest BCUT2D eigenvalue weighted by Gasteiger charge is -2.23. The first-order valence-electron chi connectivity index (χ1n) is 8.20. The van der Waals surface area contributed by atoms with E-state index < -0.39 is 0 Å². The molecule has 0 radical (unpaired) electrons. The average molecular weight is 335 g/mol. The zero-order chi connectivity index (χ0) is 17.8. The normalized spacial score (nSPS) is 10.6. The molecule has 0 aliphatic rings. The third-order valence-corrected chi connectivity index (χ3v) is 4.32. The van der Waals surface area contributed by atoms with Gasteiger partial charge in [0, 0.05) is 11.1 Å². The quantitative estimate of drug-likeness (QED) is 0.750. The smallest absolute Gasteiger partial charge is 0.254 e. The molecule has 2 aromatic carbocycles. The first-order valence-corrected chi connectivity index (χ1v) is 8.20. The van der Waals surface area contributed by atoms with Gasteiger partial charge in [-0.3, -0.25) is 4.79 Å². The second-order valence-corrected chi connectivity index (χ2v) is 6.17. The molecule has 1 heterocycles. The highest BCUT2D eigenvalue weighted by molar-refractivity contribution is 5.94. The largest absolute Gasteiger partial charge is 0.508 e. The van der Waals surface area contributed by atoms with Crippen LogP contribution in [0.25, 0.3) is 0 Å². The molecule has 25 heavy (non-hydrogen) atoms.